The van der Waals surface area contributed by atoms with Crippen molar-refractivity contribution in [3.63, 3.8) is 0 Å². The third kappa shape index (κ3) is 4.95. The van der Waals surface area contributed by atoms with Crippen molar-refractivity contribution < 1.29 is 9.59 Å². The summed E-state index contributed by atoms with van der Waals surface area (Å²) < 4.78 is 0. The lowest BCUT2D eigenvalue weighted by Gasteiger charge is -2.09. The number of nitrogens with one attached hydrogen (secondary N) is 2. The Balaban J connectivity index is 2.02. The van der Waals surface area contributed by atoms with Gasteiger partial charge in [-0.05, 0) is 43.2 Å². The first-order valence-corrected chi connectivity index (χ1v) is 8.37. The average Bonchev–Trinajstić information content (AvgIpc) is 2.60. The molecule has 4 heteroatoms. The second-order valence-corrected chi connectivity index (χ2v) is 5.81. The molecular weight excluding hydrogens is 300 g/mol. The number of hydrogen-bond acceptors (Lipinski definition) is 2. The number of anilines is 1. The van der Waals surface area contributed by atoms with Crippen molar-refractivity contribution in [2.24, 2.45) is 0 Å². The number of rotatable bonds is 7. The van der Waals surface area contributed by atoms with Gasteiger partial charge in [0.15, 0.2) is 0 Å². The van der Waals surface area contributed by atoms with Crippen LogP contribution >= 0.6 is 0 Å². The Labute approximate surface area is 143 Å². The number of hydrogen-bond donors (Lipinski definition) is 2. The highest BCUT2D eigenvalue weighted by Gasteiger charge is 2.11. The fourth-order valence-electron chi connectivity index (χ4n) is 2.39. The molecule has 0 saturated heterocycles. The van der Waals surface area contributed by atoms with Crippen LogP contribution in [-0.4, -0.2) is 18.4 Å². The SMILES string of the molecule is CCCCCNC(=O)c1cccc(C(=O)Nc2ccccc2C)c1. The fraction of sp³-hybridized carbons (Fsp3) is 0.300. The van der Waals surface area contributed by atoms with Gasteiger partial charge in [0, 0.05) is 23.4 Å². The number of aryl methyl sites for hydroxylation is 1. The van der Waals surface area contributed by atoms with Crippen molar-refractivity contribution in [1.29, 1.82) is 0 Å². The Bertz CT molecular complexity index is 710. The normalized spacial score (nSPS) is 10.2. The van der Waals surface area contributed by atoms with Crippen LogP contribution in [0, 0.1) is 6.92 Å². The molecule has 0 atom stereocenters. The lowest BCUT2D eigenvalue weighted by molar-refractivity contribution is 0.0953. The van der Waals surface area contributed by atoms with Crippen molar-refractivity contribution in [1.82, 2.24) is 5.32 Å². The molecule has 2 aromatic carbocycles. The molecule has 126 valence electrons. The number of para-hydroxylation sites is 1. The zero-order chi connectivity index (χ0) is 17.4. The monoisotopic (exact) mass is 324 g/mol. The van der Waals surface area contributed by atoms with Gasteiger partial charge in [-0.3, -0.25) is 9.59 Å². The maximum atomic E-state index is 12.4. The molecule has 2 amide bonds. The van der Waals surface area contributed by atoms with E-state index in [9.17, 15) is 9.59 Å². The largest absolute Gasteiger partial charge is 0.352 e. The lowest BCUT2D eigenvalue weighted by Crippen LogP contribution is -2.24. The molecule has 0 aliphatic rings. The van der Waals surface area contributed by atoms with Gasteiger partial charge in [-0.25, -0.2) is 0 Å². The Hall–Kier alpha value is -2.62. The van der Waals surface area contributed by atoms with Crippen molar-refractivity contribution in [2.75, 3.05) is 11.9 Å². The van der Waals surface area contributed by atoms with E-state index in [1.165, 1.54) is 0 Å². The van der Waals surface area contributed by atoms with Crippen LogP contribution < -0.4 is 10.6 Å². The van der Waals surface area contributed by atoms with Crippen LogP contribution in [0.25, 0.3) is 0 Å². The molecule has 0 spiro atoms. The highest BCUT2D eigenvalue weighted by atomic mass is 16.2. The molecule has 0 aliphatic carbocycles. The number of carbonyl (C=O) groups is 2. The first-order chi connectivity index (χ1) is 11.6. The number of benzene rings is 2. The van der Waals surface area contributed by atoms with Crippen molar-refractivity contribution in [3.8, 4) is 0 Å². The molecule has 0 radical (unpaired) electrons. The molecule has 2 rings (SSSR count). The van der Waals surface area contributed by atoms with E-state index in [1.54, 1.807) is 24.3 Å². The third-order valence-electron chi connectivity index (χ3n) is 3.85. The van der Waals surface area contributed by atoms with Crippen LogP contribution in [0.4, 0.5) is 5.69 Å². The molecule has 0 aromatic heterocycles. The maximum absolute atomic E-state index is 12.4. The minimum Gasteiger partial charge on any atom is -0.352 e. The van der Waals surface area contributed by atoms with E-state index in [0.29, 0.717) is 17.7 Å². The van der Waals surface area contributed by atoms with Crippen molar-refractivity contribution in [3.05, 3.63) is 65.2 Å². The van der Waals surface area contributed by atoms with Crippen LogP contribution in [0.5, 0.6) is 0 Å². The summed E-state index contributed by atoms with van der Waals surface area (Å²) in [7, 11) is 0. The standard InChI is InChI=1S/C20H24N2O2/c1-3-4-7-13-21-19(23)16-10-8-11-17(14-16)20(24)22-18-12-6-5-9-15(18)2/h5-6,8-12,14H,3-4,7,13H2,1-2H3,(H,21,23)(H,22,24). The predicted molar refractivity (Wildman–Crippen MR) is 97.4 cm³/mol. The smallest absolute Gasteiger partial charge is 0.255 e. The van der Waals surface area contributed by atoms with Gasteiger partial charge in [0.2, 0.25) is 0 Å². The summed E-state index contributed by atoms with van der Waals surface area (Å²) in [6.45, 7) is 4.72. The van der Waals surface area contributed by atoms with E-state index in [-0.39, 0.29) is 11.8 Å². The number of amides is 2. The predicted octanol–water partition coefficient (Wildman–Crippen LogP) is 4.17. The molecular formula is C20H24N2O2. The molecule has 2 N–H and O–H groups in total. The van der Waals surface area contributed by atoms with Gasteiger partial charge in [0.05, 0.1) is 0 Å². The molecule has 4 nitrogen and oxygen atoms in total. The molecule has 0 bridgehead atoms. The molecule has 0 fully saturated rings. The minimum absolute atomic E-state index is 0.142. The second-order valence-electron chi connectivity index (χ2n) is 5.81. The van der Waals surface area contributed by atoms with Gasteiger partial charge in [0.1, 0.15) is 0 Å². The van der Waals surface area contributed by atoms with Crippen LogP contribution in [0.15, 0.2) is 48.5 Å². The molecule has 0 heterocycles. The first-order valence-electron chi connectivity index (χ1n) is 8.37. The van der Waals surface area contributed by atoms with E-state index >= 15 is 0 Å². The average molecular weight is 324 g/mol. The van der Waals surface area contributed by atoms with E-state index < -0.39 is 0 Å². The van der Waals surface area contributed by atoms with E-state index in [0.717, 1.165) is 30.5 Å². The summed E-state index contributed by atoms with van der Waals surface area (Å²) >= 11 is 0. The van der Waals surface area contributed by atoms with Gasteiger partial charge in [0.25, 0.3) is 11.8 Å². The molecule has 0 unspecified atom stereocenters. The summed E-state index contributed by atoms with van der Waals surface area (Å²) in [5.41, 5.74) is 2.75. The van der Waals surface area contributed by atoms with E-state index in [4.69, 9.17) is 0 Å². The van der Waals surface area contributed by atoms with E-state index in [1.807, 2.05) is 31.2 Å². The molecule has 2 aromatic rings. The summed E-state index contributed by atoms with van der Waals surface area (Å²) in [5.74, 6) is -0.360. The summed E-state index contributed by atoms with van der Waals surface area (Å²) in [4.78, 5) is 24.5. The Morgan fingerprint density at radius 2 is 1.62 bits per heavy atom. The number of carbonyl (C=O) groups excluding carboxylic acids is 2. The van der Waals surface area contributed by atoms with E-state index in [2.05, 4.69) is 17.6 Å². The summed E-state index contributed by atoms with van der Waals surface area (Å²) in [5, 5.41) is 5.77. The van der Waals surface area contributed by atoms with Crippen LogP contribution in [0.2, 0.25) is 0 Å². The highest BCUT2D eigenvalue weighted by molar-refractivity contribution is 6.06. The fourth-order valence-corrected chi connectivity index (χ4v) is 2.39. The van der Waals surface area contributed by atoms with Crippen LogP contribution in [0.3, 0.4) is 0 Å². The minimum atomic E-state index is -0.218. The zero-order valence-electron chi connectivity index (χ0n) is 14.3. The Kier molecular flexibility index (Phi) is 6.55. The van der Waals surface area contributed by atoms with Gasteiger partial charge < -0.3 is 10.6 Å². The zero-order valence-corrected chi connectivity index (χ0v) is 14.3. The Morgan fingerprint density at radius 1 is 0.917 bits per heavy atom. The topological polar surface area (TPSA) is 58.2 Å². The molecule has 0 saturated carbocycles. The maximum Gasteiger partial charge on any atom is 0.255 e. The second kappa shape index (κ2) is 8.87. The Morgan fingerprint density at radius 3 is 2.33 bits per heavy atom. The van der Waals surface area contributed by atoms with Crippen molar-refractivity contribution in [2.45, 2.75) is 33.1 Å². The quantitative estimate of drug-likeness (QED) is 0.751. The molecule has 0 aliphatic heterocycles. The third-order valence-corrected chi connectivity index (χ3v) is 3.85. The first kappa shape index (κ1) is 17.7. The van der Waals surface area contributed by atoms with Gasteiger partial charge in [-0.2, -0.15) is 0 Å². The van der Waals surface area contributed by atoms with Crippen LogP contribution in [-0.2, 0) is 0 Å². The van der Waals surface area contributed by atoms with Gasteiger partial charge in [-0.1, -0.05) is 44.0 Å². The van der Waals surface area contributed by atoms with Crippen molar-refractivity contribution >= 4 is 17.5 Å². The highest BCUT2D eigenvalue weighted by Crippen LogP contribution is 2.15. The van der Waals surface area contributed by atoms with Gasteiger partial charge in [-0.15, -0.1) is 0 Å². The number of unbranched alkanes of at least 4 members (excludes halogenated alkanes) is 2. The summed E-state index contributed by atoms with van der Waals surface area (Å²) in [6.07, 6.45) is 3.18. The summed E-state index contributed by atoms with van der Waals surface area (Å²) in [6, 6.07) is 14.4. The lowest BCUT2D eigenvalue weighted by atomic mass is 10.1. The molecule has 24 heavy (non-hydrogen) atoms. The van der Waals surface area contributed by atoms with Gasteiger partial charge >= 0.3 is 0 Å². The van der Waals surface area contributed by atoms with Crippen LogP contribution in [0.1, 0.15) is 52.5 Å².